The number of carbonyl (C=O) groups is 1. The summed E-state index contributed by atoms with van der Waals surface area (Å²) in [5.74, 6) is -0.909. The Kier molecular flexibility index (Phi) is 5.76. The molecule has 1 N–H and O–H groups in total. The average molecular weight is 295 g/mol. The molecule has 0 aliphatic carbocycles. The lowest BCUT2D eigenvalue weighted by Crippen LogP contribution is -2.39. The maximum atomic E-state index is 10.5. The molecule has 0 saturated carbocycles. The van der Waals surface area contributed by atoms with Gasteiger partial charge < -0.3 is 9.84 Å². The van der Waals surface area contributed by atoms with Crippen LogP contribution in [0.15, 0.2) is 17.5 Å². The Morgan fingerprint density at radius 1 is 1.65 bits per heavy atom. The molecule has 2 rings (SSSR count). The number of thiophene rings is 1. The Labute approximate surface area is 123 Å². The number of nitrogens with zero attached hydrogens (tertiary/aromatic N) is 1. The minimum Gasteiger partial charge on any atom is -0.478 e. The number of hydrogen-bond donors (Lipinski definition) is 1. The quantitative estimate of drug-likeness (QED) is 0.820. The van der Waals surface area contributed by atoms with E-state index in [1.165, 1.54) is 17.4 Å². The normalized spacial score (nSPS) is 20.6. The van der Waals surface area contributed by atoms with E-state index < -0.39 is 5.97 Å². The van der Waals surface area contributed by atoms with Crippen molar-refractivity contribution in [3.8, 4) is 0 Å². The highest BCUT2D eigenvalue weighted by atomic mass is 32.1. The molecule has 0 spiro atoms. The molecular formula is C15H21NO3S. The second-order valence-corrected chi connectivity index (χ2v) is 5.97. The predicted molar refractivity (Wildman–Crippen MR) is 80.9 cm³/mol. The van der Waals surface area contributed by atoms with Crippen LogP contribution in [-0.2, 0) is 16.1 Å². The Hall–Kier alpha value is -1.17. The summed E-state index contributed by atoms with van der Waals surface area (Å²) < 4.78 is 5.71. The highest BCUT2D eigenvalue weighted by Crippen LogP contribution is 2.21. The fourth-order valence-corrected chi connectivity index (χ4v) is 3.38. The van der Waals surface area contributed by atoms with Crippen LogP contribution in [0.25, 0.3) is 6.08 Å². The van der Waals surface area contributed by atoms with Crippen LogP contribution < -0.4 is 0 Å². The first-order chi connectivity index (χ1) is 9.67. The summed E-state index contributed by atoms with van der Waals surface area (Å²) in [5.41, 5.74) is 0.964. The van der Waals surface area contributed by atoms with Gasteiger partial charge in [0.15, 0.2) is 0 Å². The maximum absolute atomic E-state index is 10.5. The van der Waals surface area contributed by atoms with Gasteiger partial charge in [0.1, 0.15) is 0 Å². The van der Waals surface area contributed by atoms with Gasteiger partial charge in [-0.1, -0.05) is 0 Å². The highest BCUT2D eigenvalue weighted by molar-refractivity contribution is 7.10. The monoisotopic (exact) mass is 295 g/mol. The van der Waals surface area contributed by atoms with Crippen molar-refractivity contribution in [3.63, 3.8) is 0 Å². The number of aliphatic carboxylic acids is 1. The minimum absolute atomic E-state index is 0.361. The molecule has 1 unspecified atom stereocenters. The van der Waals surface area contributed by atoms with Crippen molar-refractivity contribution in [1.82, 2.24) is 4.90 Å². The molecule has 1 aliphatic heterocycles. The van der Waals surface area contributed by atoms with Gasteiger partial charge in [-0.2, -0.15) is 0 Å². The Bertz CT molecular complexity index is 467. The first kappa shape index (κ1) is 15.2. The lowest BCUT2D eigenvalue weighted by atomic mass is 10.1. The van der Waals surface area contributed by atoms with Crippen LogP contribution in [0.2, 0.25) is 0 Å². The molecule has 110 valence electrons. The fourth-order valence-electron chi connectivity index (χ4n) is 2.48. The summed E-state index contributed by atoms with van der Waals surface area (Å²) >= 11 is 1.68. The van der Waals surface area contributed by atoms with Gasteiger partial charge >= 0.3 is 5.97 Å². The van der Waals surface area contributed by atoms with Crippen LogP contribution in [0.4, 0.5) is 0 Å². The van der Waals surface area contributed by atoms with Gasteiger partial charge in [-0.05, 0) is 49.4 Å². The van der Waals surface area contributed by atoms with Crippen LogP contribution in [0.1, 0.15) is 30.2 Å². The largest absolute Gasteiger partial charge is 0.478 e. The van der Waals surface area contributed by atoms with E-state index >= 15 is 0 Å². The zero-order valence-electron chi connectivity index (χ0n) is 11.7. The molecule has 1 aliphatic rings. The summed E-state index contributed by atoms with van der Waals surface area (Å²) in [7, 11) is 0. The van der Waals surface area contributed by atoms with Gasteiger partial charge in [0.05, 0.1) is 6.10 Å². The minimum atomic E-state index is -0.909. The molecule has 0 radical (unpaired) electrons. The highest BCUT2D eigenvalue weighted by Gasteiger charge is 2.20. The van der Waals surface area contributed by atoms with Gasteiger partial charge in [-0.15, -0.1) is 11.3 Å². The molecule has 1 saturated heterocycles. The van der Waals surface area contributed by atoms with Crippen LogP contribution in [0, 0.1) is 0 Å². The number of ether oxygens (including phenoxy) is 1. The van der Waals surface area contributed by atoms with Gasteiger partial charge in [0.2, 0.25) is 0 Å². The molecule has 0 bridgehead atoms. The van der Waals surface area contributed by atoms with Crippen molar-refractivity contribution >= 4 is 23.4 Å². The smallest absolute Gasteiger partial charge is 0.328 e. The van der Waals surface area contributed by atoms with E-state index in [1.807, 2.05) is 12.3 Å². The summed E-state index contributed by atoms with van der Waals surface area (Å²) in [4.78, 5) is 14.2. The molecule has 1 aromatic rings. The molecular weight excluding hydrogens is 274 g/mol. The maximum Gasteiger partial charge on any atom is 0.328 e. The number of carboxylic acids is 1. The SMILES string of the molecule is CCOC1CCCN(Cc2cc(C=CC(=O)O)cs2)C1. The van der Waals surface area contributed by atoms with E-state index in [-0.39, 0.29) is 0 Å². The second kappa shape index (κ2) is 7.57. The predicted octanol–water partition coefficient (Wildman–Crippen LogP) is 2.85. The lowest BCUT2D eigenvalue weighted by molar-refractivity contribution is -0.131. The zero-order chi connectivity index (χ0) is 14.4. The molecule has 4 nitrogen and oxygen atoms in total. The summed E-state index contributed by atoms with van der Waals surface area (Å²) in [6.07, 6.45) is 5.52. The molecule has 1 atom stereocenters. The Balaban J connectivity index is 1.88. The van der Waals surface area contributed by atoms with Crippen molar-refractivity contribution in [1.29, 1.82) is 0 Å². The fraction of sp³-hybridized carbons (Fsp3) is 0.533. The first-order valence-electron chi connectivity index (χ1n) is 6.99. The number of carboxylic acid groups (broad SMARTS) is 1. The van der Waals surface area contributed by atoms with Crippen molar-refractivity contribution < 1.29 is 14.6 Å². The van der Waals surface area contributed by atoms with E-state index in [1.54, 1.807) is 17.4 Å². The van der Waals surface area contributed by atoms with Gasteiger partial charge in [0.25, 0.3) is 0 Å². The zero-order valence-corrected chi connectivity index (χ0v) is 12.6. The van der Waals surface area contributed by atoms with Gasteiger partial charge in [-0.3, -0.25) is 4.90 Å². The Morgan fingerprint density at radius 2 is 2.50 bits per heavy atom. The number of rotatable bonds is 6. The van der Waals surface area contributed by atoms with E-state index in [4.69, 9.17) is 9.84 Å². The van der Waals surface area contributed by atoms with E-state index in [0.29, 0.717) is 6.10 Å². The number of piperidine rings is 1. The summed E-state index contributed by atoms with van der Waals surface area (Å²) in [6, 6.07) is 2.06. The van der Waals surface area contributed by atoms with Gasteiger partial charge in [-0.25, -0.2) is 4.79 Å². The molecule has 1 aromatic heterocycles. The Morgan fingerprint density at radius 3 is 3.25 bits per heavy atom. The van der Waals surface area contributed by atoms with Crippen LogP contribution >= 0.6 is 11.3 Å². The van der Waals surface area contributed by atoms with E-state index in [2.05, 4.69) is 11.0 Å². The van der Waals surface area contributed by atoms with E-state index in [0.717, 1.165) is 38.2 Å². The topological polar surface area (TPSA) is 49.8 Å². The second-order valence-electron chi connectivity index (χ2n) is 4.97. The van der Waals surface area contributed by atoms with Crippen molar-refractivity contribution in [2.75, 3.05) is 19.7 Å². The average Bonchev–Trinajstić information content (AvgIpc) is 2.85. The van der Waals surface area contributed by atoms with Crippen molar-refractivity contribution in [2.24, 2.45) is 0 Å². The van der Waals surface area contributed by atoms with Crippen molar-refractivity contribution in [2.45, 2.75) is 32.4 Å². The molecule has 2 heterocycles. The molecule has 5 heteroatoms. The van der Waals surface area contributed by atoms with Crippen LogP contribution in [0.5, 0.6) is 0 Å². The summed E-state index contributed by atoms with van der Waals surface area (Å²) in [6.45, 7) is 5.85. The number of likely N-dealkylation sites (tertiary alicyclic amines) is 1. The molecule has 20 heavy (non-hydrogen) atoms. The lowest BCUT2D eigenvalue weighted by Gasteiger charge is -2.32. The van der Waals surface area contributed by atoms with Crippen molar-refractivity contribution in [3.05, 3.63) is 28.0 Å². The third-order valence-corrected chi connectivity index (χ3v) is 4.28. The summed E-state index contributed by atoms with van der Waals surface area (Å²) in [5, 5.41) is 10.6. The number of hydrogen-bond acceptors (Lipinski definition) is 4. The third kappa shape index (κ3) is 4.74. The molecule has 0 aromatic carbocycles. The van der Waals surface area contributed by atoms with Gasteiger partial charge in [0, 0.05) is 30.6 Å². The van der Waals surface area contributed by atoms with Crippen LogP contribution in [-0.4, -0.2) is 41.8 Å². The standard InChI is InChI=1S/C15H21NO3S/c1-2-19-13-4-3-7-16(9-13)10-14-8-12(11-20-14)5-6-15(17)18/h5-6,8,11,13H,2-4,7,9-10H2,1H3,(H,17,18). The van der Waals surface area contributed by atoms with E-state index in [9.17, 15) is 4.79 Å². The molecule has 0 amide bonds. The first-order valence-corrected chi connectivity index (χ1v) is 7.87. The molecule has 1 fully saturated rings. The van der Waals surface area contributed by atoms with Crippen LogP contribution in [0.3, 0.4) is 0 Å². The third-order valence-electron chi connectivity index (χ3n) is 3.34.